The molecule has 4 heteroatoms. The Balaban J connectivity index is 2.31. The Kier molecular flexibility index (Phi) is 4.03. The molecule has 4 nitrogen and oxygen atoms in total. The maximum absolute atomic E-state index is 7.66. The summed E-state index contributed by atoms with van der Waals surface area (Å²) in [6.07, 6.45) is 0. The summed E-state index contributed by atoms with van der Waals surface area (Å²) in [5.74, 6) is 0.794. The van der Waals surface area contributed by atoms with Crippen LogP contribution in [-0.2, 0) is 6.54 Å². The maximum atomic E-state index is 7.66. The third-order valence-corrected chi connectivity index (χ3v) is 3.17. The van der Waals surface area contributed by atoms with Crippen LogP contribution in [-0.4, -0.2) is 17.9 Å². The van der Waals surface area contributed by atoms with Crippen molar-refractivity contribution < 1.29 is 0 Å². The van der Waals surface area contributed by atoms with Gasteiger partial charge in [0.1, 0.15) is 11.7 Å². The Morgan fingerprint density at radius 3 is 2.65 bits per heavy atom. The summed E-state index contributed by atoms with van der Waals surface area (Å²) >= 11 is 0. The lowest BCUT2D eigenvalue weighted by Crippen LogP contribution is -2.23. The fraction of sp³-hybridized carbons (Fsp3) is 0.250. The topological polar surface area (TPSA) is 66.0 Å². The third kappa shape index (κ3) is 3.15. The average molecular weight is 268 g/mol. The van der Waals surface area contributed by atoms with Crippen LogP contribution in [0.2, 0.25) is 0 Å². The Morgan fingerprint density at radius 1 is 1.25 bits per heavy atom. The van der Waals surface area contributed by atoms with Gasteiger partial charge in [-0.15, -0.1) is 0 Å². The molecule has 0 aliphatic carbocycles. The number of aryl methyl sites for hydroxylation is 2. The van der Waals surface area contributed by atoms with Gasteiger partial charge in [0, 0.05) is 19.3 Å². The minimum absolute atomic E-state index is 0.0450. The quantitative estimate of drug-likeness (QED) is 0.661. The minimum atomic E-state index is 0.0450. The van der Waals surface area contributed by atoms with Gasteiger partial charge in [-0.05, 0) is 31.5 Å². The molecule has 20 heavy (non-hydrogen) atoms. The number of aromatic nitrogens is 1. The first-order valence-electron chi connectivity index (χ1n) is 6.56. The molecule has 104 valence electrons. The van der Waals surface area contributed by atoms with E-state index < -0.39 is 0 Å². The molecule has 0 spiro atoms. The number of nitrogen functional groups attached to an aromatic ring is 1. The number of hydrogen-bond donors (Lipinski definition) is 2. The lowest BCUT2D eigenvalue weighted by Gasteiger charge is -2.21. The van der Waals surface area contributed by atoms with Crippen LogP contribution in [0.3, 0.4) is 0 Å². The highest BCUT2D eigenvalue weighted by Crippen LogP contribution is 2.19. The van der Waals surface area contributed by atoms with Crippen molar-refractivity contribution in [1.29, 1.82) is 5.41 Å². The van der Waals surface area contributed by atoms with E-state index in [4.69, 9.17) is 11.1 Å². The van der Waals surface area contributed by atoms with E-state index in [2.05, 4.69) is 30.1 Å². The van der Waals surface area contributed by atoms with E-state index in [-0.39, 0.29) is 5.84 Å². The Morgan fingerprint density at radius 2 is 2.00 bits per heavy atom. The smallest absolute Gasteiger partial charge is 0.139 e. The van der Waals surface area contributed by atoms with Gasteiger partial charge >= 0.3 is 0 Å². The molecule has 0 unspecified atom stereocenters. The van der Waals surface area contributed by atoms with Crippen LogP contribution >= 0.6 is 0 Å². The highest BCUT2D eigenvalue weighted by atomic mass is 15.2. The van der Waals surface area contributed by atoms with Crippen LogP contribution in [0.1, 0.15) is 22.4 Å². The van der Waals surface area contributed by atoms with E-state index in [9.17, 15) is 0 Å². The molecule has 0 bridgehead atoms. The van der Waals surface area contributed by atoms with E-state index in [0.29, 0.717) is 5.56 Å². The second kappa shape index (κ2) is 5.74. The van der Waals surface area contributed by atoms with Crippen molar-refractivity contribution in [2.45, 2.75) is 20.4 Å². The van der Waals surface area contributed by atoms with Crippen LogP contribution < -0.4 is 10.6 Å². The summed E-state index contributed by atoms with van der Waals surface area (Å²) in [5.41, 5.74) is 9.68. The molecule has 0 amide bonds. The largest absolute Gasteiger partial charge is 0.384 e. The van der Waals surface area contributed by atoms with Crippen molar-refractivity contribution in [2.24, 2.45) is 5.73 Å². The van der Waals surface area contributed by atoms with Crippen molar-refractivity contribution in [2.75, 3.05) is 11.9 Å². The summed E-state index contributed by atoms with van der Waals surface area (Å²) in [7, 11) is 1.97. The molecular formula is C16H20N4. The monoisotopic (exact) mass is 268 g/mol. The summed E-state index contributed by atoms with van der Waals surface area (Å²) < 4.78 is 0. The Labute approximate surface area is 119 Å². The number of hydrogen-bond acceptors (Lipinski definition) is 3. The molecule has 1 heterocycles. The molecule has 0 saturated carbocycles. The van der Waals surface area contributed by atoms with Gasteiger partial charge in [0.25, 0.3) is 0 Å². The highest BCUT2D eigenvalue weighted by molar-refractivity contribution is 5.99. The summed E-state index contributed by atoms with van der Waals surface area (Å²) in [5, 5.41) is 7.66. The van der Waals surface area contributed by atoms with Crippen LogP contribution in [0.4, 0.5) is 5.82 Å². The van der Waals surface area contributed by atoms with Gasteiger partial charge in [0.2, 0.25) is 0 Å². The normalized spacial score (nSPS) is 10.3. The van der Waals surface area contributed by atoms with Crippen LogP contribution in [0.25, 0.3) is 0 Å². The third-order valence-electron chi connectivity index (χ3n) is 3.17. The number of nitrogens with one attached hydrogen (secondary N) is 1. The highest BCUT2D eigenvalue weighted by Gasteiger charge is 2.12. The van der Waals surface area contributed by atoms with Gasteiger partial charge < -0.3 is 10.6 Å². The molecule has 0 aliphatic heterocycles. The van der Waals surface area contributed by atoms with Crippen molar-refractivity contribution >= 4 is 11.7 Å². The van der Waals surface area contributed by atoms with Crippen molar-refractivity contribution in [3.8, 4) is 0 Å². The zero-order valence-corrected chi connectivity index (χ0v) is 12.1. The van der Waals surface area contributed by atoms with Gasteiger partial charge in [0.05, 0.1) is 5.56 Å². The molecule has 0 saturated heterocycles. The van der Waals surface area contributed by atoms with Gasteiger partial charge in [-0.25, -0.2) is 4.98 Å². The second-order valence-corrected chi connectivity index (χ2v) is 5.08. The molecule has 0 aliphatic rings. The van der Waals surface area contributed by atoms with E-state index in [1.165, 1.54) is 11.1 Å². The fourth-order valence-corrected chi connectivity index (χ4v) is 2.20. The summed E-state index contributed by atoms with van der Waals surface area (Å²) in [6.45, 7) is 4.75. The SMILES string of the molecule is Cc1cccc(CN(C)c2nc(C)ccc2C(=N)N)c1. The molecule has 2 aromatic rings. The number of amidine groups is 1. The van der Waals surface area contributed by atoms with E-state index >= 15 is 0 Å². The maximum Gasteiger partial charge on any atom is 0.139 e. The summed E-state index contributed by atoms with van der Waals surface area (Å²) in [4.78, 5) is 6.54. The van der Waals surface area contributed by atoms with Crippen molar-refractivity contribution in [1.82, 2.24) is 4.98 Å². The molecule has 2 rings (SSSR count). The lowest BCUT2D eigenvalue weighted by molar-refractivity contribution is 0.888. The van der Waals surface area contributed by atoms with E-state index in [0.717, 1.165) is 18.1 Å². The van der Waals surface area contributed by atoms with Gasteiger partial charge in [-0.1, -0.05) is 29.8 Å². The first-order valence-corrected chi connectivity index (χ1v) is 6.56. The zero-order chi connectivity index (χ0) is 14.7. The number of nitrogens with two attached hydrogens (primary N) is 1. The zero-order valence-electron chi connectivity index (χ0n) is 12.1. The average Bonchev–Trinajstić information content (AvgIpc) is 2.38. The number of rotatable bonds is 4. The Hall–Kier alpha value is -2.36. The molecule has 0 atom stereocenters. The number of pyridine rings is 1. The first kappa shape index (κ1) is 14.1. The molecule has 1 aromatic heterocycles. The predicted octanol–water partition coefficient (Wildman–Crippen LogP) is 2.62. The second-order valence-electron chi connectivity index (χ2n) is 5.08. The molecule has 0 radical (unpaired) electrons. The van der Waals surface area contributed by atoms with Crippen LogP contribution in [0.15, 0.2) is 36.4 Å². The van der Waals surface area contributed by atoms with Gasteiger partial charge in [-0.3, -0.25) is 5.41 Å². The number of benzene rings is 1. The minimum Gasteiger partial charge on any atom is -0.384 e. The molecule has 3 N–H and O–H groups in total. The van der Waals surface area contributed by atoms with Gasteiger partial charge in [0.15, 0.2) is 0 Å². The van der Waals surface area contributed by atoms with Crippen molar-refractivity contribution in [3.63, 3.8) is 0 Å². The molecule has 1 aromatic carbocycles. The lowest BCUT2D eigenvalue weighted by atomic mass is 10.1. The summed E-state index contributed by atoms with van der Waals surface area (Å²) in [6, 6.07) is 12.1. The van der Waals surface area contributed by atoms with E-state index in [1.54, 1.807) is 0 Å². The van der Waals surface area contributed by atoms with Crippen LogP contribution in [0, 0.1) is 19.3 Å². The predicted molar refractivity (Wildman–Crippen MR) is 83.3 cm³/mol. The number of nitrogens with zero attached hydrogens (tertiary/aromatic N) is 2. The van der Waals surface area contributed by atoms with Crippen LogP contribution in [0.5, 0.6) is 0 Å². The molecular weight excluding hydrogens is 248 g/mol. The van der Waals surface area contributed by atoms with Crippen molar-refractivity contribution in [3.05, 3.63) is 58.8 Å². The Bertz CT molecular complexity index is 634. The molecule has 0 fully saturated rings. The van der Waals surface area contributed by atoms with Gasteiger partial charge in [-0.2, -0.15) is 0 Å². The standard InChI is InChI=1S/C16H20N4/c1-11-5-4-6-13(9-11)10-20(3)16-14(15(17)18)8-7-12(2)19-16/h4-9H,10H2,1-3H3,(H3,17,18). The van der Waals surface area contributed by atoms with E-state index in [1.807, 2.05) is 37.1 Å². The first-order chi connectivity index (χ1) is 9.47. The fourth-order valence-electron chi connectivity index (χ4n) is 2.20. The number of anilines is 1.